The predicted octanol–water partition coefficient (Wildman–Crippen LogP) is 3.20. The summed E-state index contributed by atoms with van der Waals surface area (Å²) < 4.78 is 15.3. The van der Waals surface area contributed by atoms with E-state index >= 15 is 0 Å². The normalized spacial score (nSPS) is 14.5. The van der Waals surface area contributed by atoms with Gasteiger partial charge in [0, 0.05) is 5.92 Å². The van der Waals surface area contributed by atoms with E-state index in [1.807, 2.05) is 6.21 Å². The van der Waals surface area contributed by atoms with Crippen LogP contribution in [-0.4, -0.2) is 16.5 Å². The first-order valence-corrected chi connectivity index (χ1v) is 6.71. The molecule has 0 radical (unpaired) electrons. The standard InChI is InChI=1S/C11H23NOS/c1-10(2)7-5-6-8-12-14(13)9-11(3)4/h8,10-11H,5-7,9H2,1-4H3. The monoisotopic (exact) mass is 217 g/mol. The largest absolute Gasteiger partial charge is 0.591 e. The summed E-state index contributed by atoms with van der Waals surface area (Å²) in [5, 5.41) is 0. The van der Waals surface area contributed by atoms with Crippen LogP contribution in [0.3, 0.4) is 0 Å². The molecule has 3 heteroatoms. The molecule has 0 aromatic rings. The summed E-state index contributed by atoms with van der Waals surface area (Å²) in [5.74, 6) is 1.90. The quantitative estimate of drug-likeness (QED) is 0.366. The van der Waals surface area contributed by atoms with Gasteiger partial charge in [-0.1, -0.05) is 38.5 Å². The van der Waals surface area contributed by atoms with Crippen LogP contribution in [0.15, 0.2) is 4.40 Å². The van der Waals surface area contributed by atoms with Crippen molar-refractivity contribution in [1.82, 2.24) is 0 Å². The average molecular weight is 217 g/mol. The molecule has 2 nitrogen and oxygen atoms in total. The van der Waals surface area contributed by atoms with Crippen LogP contribution in [0, 0.1) is 11.8 Å². The van der Waals surface area contributed by atoms with E-state index in [0.29, 0.717) is 11.7 Å². The third-order valence-electron chi connectivity index (χ3n) is 1.78. The maximum absolute atomic E-state index is 11.3. The van der Waals surface area contributed by atoms with Crippen LogP contribution >= 0.6 is 0 Å². The van der Waals surface area contributed by atoms with Gasteiger partial charge in [-0.15, -0.1) is 0 Å². The molecule has 0 amide bonds. The number of unbranched alkanes of at least 4 members (excludes halogenated alkanes) is 1. The van der Waals surface area contributed by atoms with Crippen molar-refractivity contribution in [3.05, 3.63) is 0 Å². The molecule has 84 valence electrons. The van der Waals surface area contributed by atoms with Gasteiger partial charge in [-0.25, -0.2) is 0 Å². The van der Waals surface area contributed by atoms with Crippen LogP contribution in [-0.2, 0) is 11.4 Å². The van der Waals surface area contributed by atoms with Gasteiger partial charge < -0.3 is 4.55 Å². The lowest BCUT2D eigenvalue weighted by Crippen LogP contribution is -2.08. The molecule has 0 aliphatic heterocycles. The highest BCUT2D eigenvalue weighted by atomic mass is 32.2. The molecule has 0 rings (SSSR count). The lowest BCUT2D eigenvalue weighted by molar-refractivity contribution is 0.566. The van der Waals surface area contributed by atoms with E-state index in [-0.39, 0.29) is 0 Å². The molecule has 0 aliphatic carbocycles. The molecule has 0 aromatic heterocycles. The maximum atomic E-state index is 11.3. The summed E-state index contributed by atoms with van der Waals surface area (Å²) in [4.78, 5) is 0. The lowest BCUT2D eigenvalue weighted by Gasteiger charge is -2.05. The Balaban J connectivity index is 3.42. The fourth-order valence-corrected chi connectivity index (χ4v) is 2.01. The van der Waals surface area contributed by atoms with Crippen molar-refractivity contribution in [2.45, 2.75) is 47.0 Å². The fraction of sp³-hybridized carbons (Fsp3) is 0.909. The van der Waals surface area contributed by atoms with Gasteiger partial charge in [0.1, 0.15) is 5.75 Å². The zero-order chi connectivity index (χ0) is 11.0. The van der Waals surface area contributed by atoms with Crippen LogP contribution in [0.2, 0.25) is 0 Å². The maximum Gasteiger partial charge on any atom is 0.135 e. The van der Waals surface area contributed by atoms with Crippen molar-refractivity contribution >= 4 is 17.6 Å². The first-order valence-electron chi connectivity index (χ1n) is 5.43. The Morgan fingerprint density at radius 3 is 2.36 bits per heavy atom. The van der Waals surface area contributed by atoms with Crippen LogP contribution in [0.4, 0.5) is 0 Å². The molecule has 0 fully saturated rings. The summed E-state index contributed by atoms with van der Waals surface area (Å²) in [5.41, 5.74) is 0. The van der Waals surface area contributed by atoms with Gasteiger partial charge in [-0.05, 0) is 18.8 Å². The second-order valence-corrected chi connectivity index (χ2v) is 5.68. The Kier molecular flexibility index (Phi) is 8.29. The van der Waals surface area contributed by atoms with Gasteiger partial charge >= 0.3 is 0 Å². The summed E-state index contributed by atoms with van der Waals surface area (Å²) in [6.07, 6.45) is 5.16. The zero-order valence-electron chi connectivity index (χ0n) is 9.82. The Labute approximate surface area is 91.5 Å². The number of hydrogen-bond acceptors (Lipinski definition) is 2. The summed E-state index contributed by atoms with van der Waals surface area (Å²) in [6, 6.07) is 0. The molecule has 0 spiro atoms. The minimum Gasteiger partial charge on any atom is -0.591 e. The minimum absolute atomic E-state index is 0.462. The van der Waals surface area contributed by atoms with Crippen molar-refractivity contribution in [1.29, 1.82) is 0 Å². The van der Waals surface area contributed by atoms with E-state index in [2.05, 4.69) is 32.1 Å². The SMILES string of the molecule is CC(C)CCCC=N[S+]([O-])CC(C)C. The van der Waals surface area contributed by atoms with E-state index in [4.69, 9.17) is 0 Å². The molecular weight excluding hydrogens is 194 g/mol. The molecule has 14 heavy (non-hydrogen) atoms. The topological polar surface area (TPSA) is 35.4 Å². The van der Waals surface area contributed by atoms with Gasteiger partial charge in [0.05, 0.1) is 17.6 Å². The van der Waals surface area contributed by atoms with Crippen molar-refractivity contribution in [2.24, 2.45) is 16.2 Å². The highest BCUT2D eigenvalue weighted by Crippen LogP contribution is 2.06. The second kappa shape index (κ2) is 8.30. The molecule has 0 saturated carbocycles. The average Bonchev–Trinajstić information content (AvgIpc) is 2.01. The van der Waals surface area contributed by atoms with Gasteiger partial charge in [0.15, 0.2) is 0 Å². The Bertz CT molecular complexity index is 157. The molecule has 1 unspecified atom stereocenters. The molecule has 0 saturated heterocycles. The van der Waals surface area contributed by atoms with Crippen molar-refractivity contribution in [2.75, 3.05) is 5.75 Å². The molecule has 0 heterocycles. The van der Waals surface area contributed by atoms with Crippen LogP contribution in [0.5, 0.6) is 0 Å². The summed E-state index contributed by atoms with van der Waals surface area (Å²) in [7, 11) is 0. The minimum atomic E-state index is -0.995. The summed E-state index contributed by atoms with van der Waals surface area (Å²) in [6.45, 7) is 8.56. The Morgan fingerprint density at radius 2 is 1.86 bits per heavy atom. The highest BCUT2D eigenvalue weighted by molar-refractivity contribution is 7.90. The van der Waals surface area contributed by atoms with Gasteiger partial charge in [0.2, 0.25) is 0 Å². The van der Waals surface area contributed by atoms with E-state index in [1.54, 1.807) is 0 Å². The number of hydrogen-bond donors (Lipinski definition) is 0. The van der Waals surface area contributed by atoms with E-state index in [0.717, 1.165) is 18.8 Å². The molecule has 1 atom stereocenters. The Hall–Kier alpha value is -0.0200. The van der Waals surface area contributed by atoms with Crippen molar-refractivity contribution in [3.63, 3.8) is 0 Å². The highest BCUT2D eigenvalue weighted by Gasteiger charge is 2.06. The number of rotatable bonds is 7. The van der Waals surface area contributed by atoms with Gasteiger partial charge in [-0.2, -0.15) is 0 Å². The van der Waals surface area contributed by atoms with Crippen LogP contribution in [0.1, 0.15) is 47.0 Å². The molecule has 0 bridgehead atoms. The number of nitrogens with zero attached hydrogens (tertiary/aromatic N) is 1. The van der Waals surface area contributed by atoms with E-state index in [1.165, 1.54) is 6.42 Å². The third-order valence-corrected chi connectivity index (χ3v) is 3.12. The summed E-state index contributed by atoms with van der Waals surface area (Å²) >= 11 is -0.995. The Morgan fingerprint density at radius 1 is 1.21 bits per heavy atom. The molecular formula is C11H23NOS. The smallest absolute Gasteiger partial charge is 0.135 e. The van der Waals surface area contributed by atoms with Crippen molar-refractivity contribution in [3.8, 4) is 0 Å². The molecule has 0 N–H and O–H groups in total. The van der Waals surface area contributed by atoms with Gasteiger partial charge in [-0.3, -0.25) is 0 Å². The van der Waals surface area contributed by atoms with Crippen LogP contribution < -0.4 is 0 Å². The zero-order valence-corrected chi connectivity index (χ0v) is 10.6. The van der Waals surface area contributed by atoms with Crippen molar-refractivity contribution < 1.29 is 4.55 Å². The second-order valence-electron chi connectivity index (χ2n) is 4.49. The van der Waals surface area contributed by atoms with E-state index < -0.39 is 11.4 Å². The fourth-order valence-electron chi connectivity index (χ4n) is 1.08. The van der Waals surface area contributed by atoms with Gasteiger partial charge in [0.25, 0.3) is 0 Å². The predicted molar refractivity (Wildman–Crippen MR) is 65.0 cm³/mol. The third kappa shape index (κ3) is 10.1. The lowest BCUT2D eigenvalue weighted by atomic mass is 10.1. The molecule has 0 aromatic carbocycles. The first kappa shape index (κ1) is 14.0. The van der Waals surface area contributed by atoms with E-state index in [9.17, 15) is 4.55 Å². The molecule has 0 aliphatic rings. The first-order chi connectivity index (χ1) is 6.52. The van der Waals surface area contributed by atoms with Crippen LogP contribution in [0.25, 0.3) is 0 Å².